The van der Waals surface area contributed by atoms with Crippen molar-refractivity contribution in [2.24, 2.45) is 11.7 Å². The second-order valence-corrected chi connectivity index (χ2v) is 6.25. The molecule has 0 amide bonds. The number of hydrogen-bond acceptors (Lipinski definition) is 3. The SMILES string of the molecule is NC(CCOc1ccccc1)C1CCOC2(CCC2)C1. The molecule has 0 bridgehead atoms. The van der Waals surface area contributed by atoms with Crippen LogP contribution >= 0.6 is 0 Å². The summed E-state index contributed by atoms with van der Waals surface area (Å²) in [6.07, 6.45) is 6.97. The molecule has 2 unspecified atom stereocenters. The summed E-state index contributed by atoms with van der Waals surface area (Å²) in [5.74, 6) is 1.53. The van der Waals surface area contributed by atoms with Crippen molar-refractivity contribution >= 4 is 0 Å². The Labute approximate surface area is 121 Å². The second-order valence-electron chi connectivity index (χ2n) is 6.25. The van der Waals surface area contributed by atoms with Crippen LogP contribution in [0.15, 0.2) is 30.3 Å². The fraction of sp³-hybridized carbons (Fsp3) is 0.647. The lowest BCUT2D eigenvalue weighted by Crippen LogP contribution is -2.49. The van der Waals surface area contributed by atoms with Crippen LogP contribution in [0.1, 0.15) is 38.5 Å². The van der Waals surface area contributed by atoms with Gasteiger partial charge in [-0.3, -0.25) is 0 Å². The van der Waals surface area contributed by atoms with E-state index in [1.165, 1.54) is 19.3 Å². The van der Waals surface area contributed by atoms with Crippen LogP contribution in [0.25, 0.3) is 0 Å². The molecule has 1 aromatic rings. The number of benzene rings is 1. The first-order valence-electron chi connectivity index (χ1n) is 7.85. The van der Waals surface area contributed by atoms with Crippen LogP contribution in [-0.2, 0) is 4.74 Å². The van der Waals surface area contributed by atoms with Crippen LogP contribution < -0.4 is 10.5 Å². The fourth-order valence-corrected chi connectivity index (χ4v) is 3.42. The molecule has 110 valence electrons. The quantitative estimate of drug-likeness (QED) is 0.898. The molecule has 2 fully saturated rings. The average molecular weight is 275 g/mol. The molecule has 1 saturated heterocycles. The predicted octanol–water partition coefficient (Wildman–Crippen LogP) is 3.13. The summed E-state index contributed by atoms with van der Waals surface area (Å²) in [7, 11) is 0. The third-order valence-electron chi connectivity index (χ3n) is 4.86. The highest BCUT2D eigenvalue weighted by Crippen LogP contribution is 2.44. The van der Waals surface area contributed by atoms with Crippen molar-refractivity contribution in [3.05, 3.63) is 30.3 Å². The van der Waals surface area contributed by atoms with E-state index in [9.17, 15) is 0 Å². The zero-order valence-corrected chi connectivity index (χ0v) is 12.1. The maximum atomic E-state index is 6.38. The fourth-order valence-electron chi connectivity index (χ4n) is 3.42. The zero-order valence-electron chi connectivity index (χ0n) is 12.1. The Morgan fingerprint density at radius 1 is 1.30 bits per heavy atom. The van der Waals surface area contributed by atoms with E-state index in [0.717, 1.165) is 31.6 Å². The molecule has 3 heteroatoms. The minimum absolute atomic E-state index is 0.195. The van der Waals surface area contributed by atoms with Crippen molar-refractivity contribution in [2.45, 2.75) is 50.2 Å². The van der Waals surface area contributed by atoms with Gasteiger partial charge in [-0.2, -0.15) is 0 Å². The van der Waals surface area contributed by atoms with E-state index in [1.54, 1.807) is 0 Å². The highest BCUT2D eigenvalue weighted by Gasteiger charge is 2.43. The molecule has 2 N–H and O–H groups in total. The van der Waals surface area contributed by atoms with Crippen molar-refractivity contribution in [3.63, 3.8) is 0 Å². The Kier molecular flexibility index (Phi) is 4.27. The van der Waals surface area contributed by atoms with Crippen LogP contribution in [0, 0.1) is 5.92 Å². The van der Waals surface area contributed by atoms with Gasteiger partial charge >= 0.3 is 0 Å². The van der Waals surface area contributed by atoms with Gasteiger partial charge in [0, 0.05) is 12.6 Å². The van der Waals surface area contributed by atoms with Gasteiger partial charge in [-0.15, -0.1) is 0 Å². The van der Waals surface area contributed by atoms with Gasteiger partial charge in [-0.05, 0) is 56.6 Å². The molecule has 1 aromatic carbocycles. The lowest BCUT2D eigenvalue weighted by molar-refractivity contribution is -0.146. The predicted molar refractivity (Wildman–Crippen MR) is 79.8 cm³/mol. The third kappa shape index (κ3) is 3.15. The van der Waals surface area contributed by atoms with E-state index in [4.69, 9.17) is 15.2 Å². The van der Waals surface area contributed by atoms with Gasteiger partial charge in [-0.1, -0.05) is 18.2 Å². The molecule has 20 heavy (non-hydrogen) atoms. The summed E-state index contributed by atoms with van der Waals surface area (Å²) in [4.78, 5) is 0. The molecular formula is C17H25NO2. The lowest BCUT2D eigenvalue weighted by atomic mass is 9.70. The first-order valence-corrected chi connectivity index (χ1v) is 7.85. The molecular weight excluding hydrogens is 250 g/mol. The molecule has 0 aromatic heterocycles. The van der Waals surface area contributed by atoms with E-state index in [0.29, 0.717) is 12.5 Å². The number of rotatable bonds is 5. The number of hydrogen-bond donors (Lipinski definition) is 1. The average Bonchev–Trinajstić information content (AvgIpc) is 2.47. The highest BCUT2D eigenvalue weighted by atomic mass is 16.5. The summed E-state index contributed by atoms with van der Waals surface area (Å²) in [6, 6.07) is 10.2. The zero-order chi connectivity index (χ0) is 13.8. The molecule has 1 spiro atoms. The van der Waals surface area contributed by atoms with Crippen LogP contribution in [0.2, 0.25) is 0 Å². The monoisotopic (exact) mass is 275 g/mol. The van der Waals surface area contributed by atoms with Crippen molar-refractivity contribution in [1.82, 2.24) is 0 Å². The molecule has 2 atom stereocenters. The van der Waals surface area contributed by atoms with Gasteiger partial charge in [-0.25, -0.2) is 0 Å². The summed E-state index contributed by atoms with van der Waals surface area (Å²) < 4.78 is 11.7. The van der Waals surface area contributed by atoms with E-state index < -0.39 is 0 Å². The Hall–Kier alpha value is -1.06. The first kappa shape index (κ1) is 13.9. The van der Waals surface area contributed by atoms with Gasteiger partial charge < -0.3 is 15.2 Å². The topological polar surface area (TPSA) is 44.5 Å². The van der Waals surface area contributed by atoms with E-state index >= 15 is 0 Å². The van der Waals surface area contributed by atoms with Crippen molar-refractivity contribution in [1.29, 1.82) is 0 Å². The van der Waals surface area contributed by atoms with Gasteiger partial charge in [0.15, 0.2) is 0 Å². The maximum absolute atomic E-state index is 6.38. The Morgan fingerprint density at radius 3 is 2.80 bits per heavy atom. The van der Waals surface area contributed by atoms with Crippen LogP contribution in [-0.4, -0.2) is 24.9 Å². The van der Waals surface area contributed by atoms with Gasteiger partial charge in [0.1, 0.15) is 5.75 Å². The summed E-state index contributed by atoms with van der Waals surface area (Å²) >= 11 is 0. The number of ether oxygens (including phenoxy) is 2. The Morgan fingerprint density at radius 2 is 2.10 bits per heavy atom. The van der Waals surface area contributed by atoms with Crippen molar-refractivity contribution < 1.29 is 9.47 Å². The molecule has 3 rings (SSSR count). The highest BCUT2D eigenvalue weighted by molar-refractivity contribution is 5.20. The van der Waals surface area contributed by atoms with E-state index in [1.807, 2.05) is 30.3 Å². The standard InChI is InChI=1S/C17H25NO2/c18-16(8-11-19-15-5-2-1-3-6-15)14-7-12-20-17(13-14)9-4-10-17/h1-3,5-6,14,16H,4,7-13,18H2. The smallest absolute Gasteiger partial charge is 0.119 e. The largest absolute Gasteiger partial charge is 0.494 e. The molecule has 1 saturated carbocycles. The van der Waals surface area contributed by atoms with Crippen LogP contribution in [0.3, 0.4) is 0 Å². The Balaban J connectivity index is 1.43. The van der Waals surface area contributed by atoms with Crippen LogP contribution in [0.5, 0.6) is 5.75 Å². The minimum atomic E-state index is 0.195. The van der Waals surface area contributed by atoms with Gasteiger partial charge in [0.2, 0.25) is 0 Å². The number of para-hydroxylation sites is 1. The van der Waals surface area contributed by atoms with E-state index in [2.05, 4.69) is 0 Å². The maximum Gasteiger partial charge on any atom is 0.119 e. The molecule has 3 nitrogen and oxygen atoms in total. The minimum Gasteiger partial charge on any atom is -0.494 e. The molecule has 0 radical (unpaired) electrons. The normalized spacial score (nSPS) is 25.9. The number of nitrogens with two attached hydrogens (primary N) is 1. The van der Waals surface area contributed by atoms with Crippen molar-refractivity contribution in [3.8, 4) is 5.75 Å². The molecule has 2 aliphatic rings. The third-order valence-corrected chi connectivity index (χ3v) is 4.86. The van der Waals surface area contributed by atoms with Crippen LogP contribution in [0.4, 0.5) is 0 Å². The first-order chi connectivity index (χ1) is 9.77. The molecule has 1 heterocycles. The van der Waals surface area contributed by atoms with Crippen molar-refractivity contribution in [2.75, 3.05) is 13.2 Å². The summed E-state index contributed by atoms with van der Waals surface area (Å²) in [5.41, 5.74) is 6.57. The summed E-state index contributed by atoms with van der Waals surface area (Å²) in [6.45, 7) is 1.59. The second kappa shape index (κ2) is 6.15. The Bertz CT molecular complexity index is 416. The van der Waals surface area contributed by atoms with Gasteiger partial charge in [0.25, 0.3) is 0 Å². The molecule has 1 aliphatic carbocycles. The van der Waals surface area contributed by atoms with Gasteiger partial charge in [0.05, 0.1) is 12.2 Å². The molecule has 1 aliphatic heterocycles. The lowest BCUT2D eigenvalue weighted by Gasteiger charge is -2.48. The van der Waals surface area contributed by atoms with E-state index in [-0.39, 0.29) is 11.6 Å². The summed E-state index contributed by atoms with van der Waals surface area (Å²) in [5, 5.41) is 0.